The van der Waals surface area contributed by atoms with Crippen molar-refractivity contribution in [3.63, 3.8) is 0 Å². The van der Waals surface area contributed by atoms with Crippen LogP contribution in [-0.4, -0.2) is 73.2 Å². The number of nitrogens with zero attached hydrogens (tertiary/aromatic N) is 6. The molecule has 2 fully saturated rings. The predicted octanol–water partition coefficient (Wildman–Crippen LogP) is 2.34. The Morgan fingerprint density at radius 3 is 2.66 bits per heavy atom. The molecule has 1 aromatic carbocycles. The molecule has 2 saturated heterocycles. The second-order valence-corrected chi connectivity index (χ2v) is 8.68. The number of aromatic nitrogens is 4. The minimum atomic E-state index is -4.47. The fourth-order valence-electron chi connectivity index (χ4n) is 4.70. The third-order valence-electron chi connectivity index (χ3n) is 6.44. The van der Waals surface area contributed by atoms with Gasteiger partial charge in [0.2, 0.25) is 11.9 Å². The van der Waals surface area contributed by atoms with Crippen LogP contribution in [0, 0.1) is 5.82 Å². The number of anilines is 1. The molecule has 9 nitrogen and oxygen atoms in total. The van der Waals surface area contributed by atoms with Crippen molar-refractivity contribution in [1.82, 2.24) is 29.5 Å². The number of halogens is 4. The van der Waals surface area contributed by atoms with Gasteiger partial charge in [-0.1, -0.05) is 18.2 Å². The Morgan fingerprint density at radius 2 is 1.91 bits per heavy atom. The number of alkyl halides is 3. The molecular weight excluding hydrogens is 470 g/mol. The Hall–Kier alpha value is -3.77. The summed E-state index contributed by atoms with van der Waals surface area (Å²) < 4.78 is 55.3. The van der Waals surface area contributed by atoms with Crippen molar-refractivity contribution < 1.29 is 27.2 Å². The third-order valence-corrected chi connectivity index (χ3v) is 6.44. The lowest BCUT2D eigenvalue weighted by Gasteiger charge is -2.38. The molecule has 2 aliphatic rings. The standard InChI is InChI=1S/C22H21F4N7O2/c23-14-8-28-21(27)29-19(14)20(35)31-9-12(10-31)18-13-4-1-2-5-15(13)33(30-18)11-17(34)32-7-3-6-16(32)22(24,25)26/h1-2,4-5,8,12,16H,3,6-7,9-11H2,(H2,27,28,29)/t16-/m0/s1. The quantitative estimate of drug-likeness (QED) is 0.561. The van der Waals surface area contributed by atoms with Crippen LogP contribution in [0.4, 0.5) is 23.5 Å². The molecule has 1 atom stereocenters. The first-order chi connectivity index (χ1) is 16.6. The van der Waals surface area contributed by atoms with Crippen LogP contribution in [0.15, 0.2) is 30.5 Å². The Bertz CT molecular complexity index is 1300. The molecule has 2 aromatic heterocycles. The van der Waals surface area contributed by atoms with Gasteiger partial charge in [0, 0.05) is 30.9 Å². The van der Waals surface area contributed by atoms with Crippen LogP contribution in [0.1, 0.15) is 34.9 Å². The van der Waals surface area contributed by atoms with E-state index in [1.165, 1.54) is 9.58 Å². The van der Waals surface area contributed by atoms with Gasteiger partial charge in [0.1, 0.15) is 12.6 Å². The topological polar surface area (TPSA) is 110 Å². The second kappa shape index (κ2) is 8.47. The number of nitrogens with two attached hydrogens (primary N) is 1. The SMILES string of the molecule is Nc1ncc(F)c(C(=O)N2CC(c3nn(CC(=O)N4CCC[C@H]4C(F)(F)F)c4ccccc34)C2)n1. The summed E-state index contributed by atoms with van der Waals surface area (Å²) in [6, 6.07) is 5.31. The summed E-state index contributed by atoms with van der Waals surface area (Å²) in [4.78, 5) is 34.9. The van der Waals surface area contributed by atoms with Crippen LogP contribution in [0.2, 0.25) is 0 Å². The van der Waals surface area contributed by atoms with Crippen molar-refractivity contribution in [2.45, 2.75) is 37.5 Å². The number of nitrogen functional groups attached to an aromatic ring is 1. The Balaban J connectivity index is 1.34. The molecule has 2 aliphatic heterocycles. The molecule has 0 unspecified atom stereocenters. The number of fused-ring (bicyclic) bond motifs is 1. The van der Waals surface area contributed by atoms with Crippen molar-refractivity contribution in [2.24, 2.45) is 0 Å². The predicted molar refractivity (Wildman–Crippen MR) is 116 cm³/mol. The molecule has 0 bridgehead atoms. The highest BCUT2D eigenvalue weighted by Crippen LogP contribution is 2.34. The Kier molecular flexibility index (Phi) is 5.56. The molecule has 0 aliphatic carbocycles. The lowest BCUT2D eigenvalue weighted by Crippen LogP contribution is -2.49. The van der Waals surface area contributed by atoms with Crippen LogP contribution in [-0.2, 0) is 11.3 Å². The Labute approximate surface area is 196 Å². The summed E-state index contributed by atoms with van der Waals surface area (Å²) in [6.07, 6.45) is -3.45. The van der Waals surface area contributed by atoms with Crippen molar-refractivity contribution in [1.29, 1.82) is 0 Å². The maximum Gasteiger partial charge on any atom is 0.408 e. The fourth-order valence-corrected chi connectivity index (χ4v) is 4.70. The highest BCUT2D eigenvalue weighted by atomic mass is 19.4. The Morgan fingerprint density at radius 1 is 1.17 bits per heavy atom. The summed E-state index contributed by atoms with van der Waals surface area (Å²) in [6.45, 7) is 0.200. The van der Waals surface area contributed by atoms with Gasteiger partial charge in [0.25, 0.3) is 5.91 Å². The number of hydrogen-bond donors (Lipinski definition) is 1. The van der Waals surface area contributed by atoms with E-state index in [1.54, 1.807) is 18.2 Å². The molecule has 184 valence electrons. The van der Waals surface area contributed by atoms with Crippen molar-refractivity contribution in [3.8, 4) is 0 Å². The van der Waals surface area contributed by atoms with E-state index in [9.17, 15) is 27.2 Å². The van der Waals surface area contributed by atoms with Gasteiger partial charge in [-0.3, -0.25) is 14.3 Å². The van der Waals surface area contributed by atoms with E-state index in [0.717, 1.165) is 16.5 Å². The summed E-state index contributed by atoms with van der Waals surface area (Å²) in [5, 5.41) is 5.28. The van der Waals surface area contributed by atoms with Crippen LogP contribution in [0.25, 0.3) is 10.9 Å². The highest BCUT2D eigenvalue weighted by Gasteiger charge is 2.47. The van der Waals surface area contributed by atoms with Crippen molar-refractivity contribution in [2.75, 3.05) is 25.4 Å². The zero-order valence-corrected chi connectivity index (χ0v) is 18.4. The van der Waals surface area contributed by atoms with Gasteiger partial charge in [0.15, 0.2) is 11.5 Å². The first-order valence-electron chi connectivity index (χ1n) is 11.0. The number of likely N-dealkylation sites (tertiary alicyclic amines) is 2. The van der Waals surface area contributed by atoms with E-state index >= 15 is 0 Å². The van der Waals surface area contributed by atoms with Gasteiger partial charge in [-0.05, 0) is 18.9 Å². The minimum absolute atomic E-state index is 0.0544. The highest BCUT2D eigenvalue weighted by molar-refractivity contribution is 5.94. The van der Waals surface area contributed by atoms with E-state index in [0.29, 0.717) is 17.6 Å². The van der Waals surface area contributed by atoms with Gasteiger partial charge in [-0.2, -0.15) is 18.3 Å². The maximum atomic E-state index is 14.0. The molecule has 2 N–H and O–H groups in total. The first-order valence-corrected chi connectivity index (χ1v) is 11.0. The number of amides is 2. The summed E-state index contributed by atoms with van der Waals surface area (Å²) >= 11 is 0. The van der Waals surface area contributed by atoms with Gasteiger partial charge in [-0.25, -0.2) is 14.4 Å². The monoisotopic (exact) mass is 491 g/mol. The molecular formula is C22H21F4N7O2. The van der Waals surface area contributed by atoms with Gasteiger partial charge in [0.05, 0.1) is 17.4 Å². The molecule has 2 amide bonds. The lowest BCUT2D eigenvalue weighted by atomic mass is 9.93. The number of hydrogen-bond acceptors (Lipinski definition) is 6. The summed E-state index contributed by atoms with van der Waals surface area (Å²) in [5.74, 6) is -2.56. The van der Waals surface area contributed by atoms with Crippen LogP contribution in [0.5, 0.6) is 0 Å². The molecule has 0 saturated carbocycles. The molecule has 4 heterocycles. The molecule has 0 radical (unpaired) electrons. The van der Waals surface area contributed by atoms with Crippen LogP contribution in [0.3, 0.4) is 0 Å². The summed E-state index contributed by atoms with van der Waals surface area (Å²) in [7, 11) is 0. The number of para-hydroxylation sites is 1. The zero-order chi connectivity index (χ0) is 24.9. The third kappa shape index (κ3) is 4.15. The van der Waals surface area contributed by atoms with E-state index in [-0.39, 0.29) is 44.5 Å². The largest absolute Gasteiger partial charge is 0.408 e. The van der Waals surface area contributed by atoms with Gasteiger partial charge >= 0.3 is 6.18 Å². The molecule has 0 spiro atoms. The average molecular weight is 491 g/mol. The van der Waals surface area contributed by atoms with E-state index in [1.807, 2.05) is 6.07 Å². The van der Waals surface area contributed by atoms with Crippen molar-refractivity contribution >= 4 is 28.7 Å². The number of carbonyl (C=O) groups is 2. The smallest absolute Gasteiger partial charge is 0.368 e. The first kappa shape index (κ1) is 23.0. The van der Waals surface area contributed by atoms with Crippen LogP contribution >= 0.6 is 0 Å². The fraction of sp³-hybridized carbons (Fsp3) is 0.409. The normalized spacial score (nSPS) is 18.8. The van der Waals surface area contributed by atoms with Crippen LogP contribution < -0.4 is 5.73 Å². The van der Waals surface area contributed by atoms with E-state index < -0.39 is 35.5 Å². The maximum absolute atomic E-state index is 14.0. The second-order valence-electron chi connectivity index (χ2n) is 8.68. The molecule has 3 aromatic rings. The van der Waals surface area contributed by atoms with Crippen molar-refractivity contribution in [3.05, 3.63) is 47.7 Å². The average Bonchev–Trinajstić information content (AvgIpc) is 3.41. The summed E-state index contributed by atoms with van der Waals surface area (Å²) in [5.41, 5.74) is 6.27. The van der Waals surface area contributed by atoms with E-state index in [4.69, 9.17) is 5.73 Å². The number of benzene rings is 1. The molecule has 35 heavy (non-hydrogen) atoms. The lowest BCUT2D eigenvalue weighted by molar-refractivity contribution is -0.183. The zero-order valence-electron chi connectivity index (χ0n) is 18.4. The van der Waals surface area contributed by atoms with Gasteiger partial charge in [-0.15, -0.1) is 0 Å². The number of rotatable bonds is 4. The number of carbonyl (C=O) groups excluding carboxylic acids is 2. The molecule has 5 rings (SSSR count). The van der Waals surface area contributed by atoms with E-state index in [2.05, 4.69) is 15.1 Å². The molecule has 13 heteroatoms. The van der Waals surface area contributed by atoms with Gasteiger partial charge < -0.3 is 15.5 Å². The minimum Gasteiger partial charge on any atom is -0.368 e.